The zero-order valence-electron chi connectivity index (χ0n) is 12.2. The Bertz CT molecular complexity index is 425. The Morgan fingerprint density at radius 3 is 3.05 bits per heavy atom. The van der Waals surface area contributed by atoms with Crippen LogP contribution < -0.4 is 10.2 Å². The summed E-state index contributed by atoms with van der Waals surface area (Å²) in [6.45, 7) is 5.47. The van der Waals surface area contributed by atoms with Gasteiger partial charge in [0.15, 0.2) is 0 Å². The van der Waals surface area contributed by atoms with Crippen molar-refractivity contribution in [2.45, 2.75) is 45.2 Å². The standard InChI is InChI=1S/C16H25BrN2O/c1-2-18-12-13-11-14(17)7-8-16(13)19-9-3-5-15(19)6-4-10-20/h7-8,11,15,18,20H,2-6,9-10,12H2,1H3. The van der Waals surface area contributed by atoms with Gasteiger partial charge in [-0.05, 0) is 56.0 Å². The third-order valence-electron chi connectivity index (χ3n) is 3.99. The van der Waals surface area contributed by atoms with Crippen molar-refractivity contribution in [3.63, 3.8) is 0 Å². The molecule has 1 atom stereocenters. The summed E-state index contributed by atoms with van der Waals surface area (Å²) in [5, 5.41) is 12.5. The molecule has 2 rings (SSSR count). The van der Waals surface area contributed by atoms with Gasteiger partial charge >= 0.3 is 0 Å². The van der Waals surface area contributed by atoms with Crippen LogP contribution in [0.3, 0.4) is 0 Å². The molecule has 0 bridgehead atoms. The van der Waals surface area contributed by atoms with Crippen LogP contribution in [0.15, 0.2) is 22.7 Å². The lowest BCUT2D eigenvalue weighted by atomic mass is 10.1. The zero-order valence-corrected chi connectivity index (χ0v) is 13.8. The van der Waals surface area contributed by atoms with Crippen molar-refractivity contribution in [3.05, 3.63) is 28.2 Å². The number of nitrogens with one attached hydrogen (secondary N) is 1. The van der Waals surface area contributed by atoms with E-state index in [0.29, 0.717) is 12.6 Å². The number of hydrogen-bond acceptors (Lipinski definition) is 3. The summed E-state index contributed by atoms with van der Waals surface area (Å²) in [6.07, 6.45) is 4.50. The van der Waals surface area contributed by atoms with Crippen LogP contribution in [0, 0.1) is 0 Å². The highest BCUT2D eigenvalue weighted by Crippen LogP contribution is 2.32. The molecule has 4 heteroatoms. The number of nitrogens with zero attached hydrogens (tertiary/aromatic N) is 1. The largest absolute Gasteiger partial charge is 0.396 e. The Kier molecular flexibility index (Phi) is 6.33. The Hall–Kier alpha value is -0.580. The van der Waals surface area contributed by atoms with E-state index in [1.54, 1.807) is 0 Å². The van der Waals surface area contributed by atoms with Crippen LogP contribution in [0.2, 0.25) is 0 Å². The molecule has 0 aliphatic carbocycles. The van der Waals surface area contributed by atoms with Gasteiger partial charge in [0.05, 0.1) is 0 Å². The van der Waals surface area contributed by atoms with E-state index in [1.807, 2.05) is 0 Å². The second kappa shape index (κ2) is 8.01. The number of anilines is 1. The Labute approximate surface area is 130 Å². The van der Waals surface area contributed by atoms with E-state index in [0.717, 1.165) is 36.9 Å². The number of aliphatic hydroxyl groups is 1. The molecule has 1 aromatic rings. The first-order valence-electron chi connectivity index (χ1n) is 7.63. The van der Waals surface area contributed by atoms with Crippen LogP contribution in [0.5, 0.6) is 0 Å². The minimum atomic E-state index is 0.301. The van der Waals surface area contributed by atoms with E-state index in [4.69, 9.17) is 5.11 Å². The molecule has 1 heterocycles. The molecule has 2 N–H and O–H groups in total. The molecule has 1 saturated heterocycles. The molecule has 1 fully saturated rings. The zero-order chi connectivity index (χ0) is 14.4. The Morgan fingerprint density at radius 2 is 2.30 bits per heavy atom. The second-order valence-electron chi connectivity index (χ2n) is 5.41. The third kappa shape index (κ3) is 3.96. The number of hydrogen-bond donors (Lipinski definition) is 2. The SMILES string of the molecule is CCNCc1cc(Br)ccc1N1CCCC1CCCO. The van der Waals surface area contributed by atoms with Crippen LogP contribution in [0.4, 0.5) is 5.69 Å². The predicted octanol–water partition coefficient (Wildman–Crippen LogP) is 3.30. The van der Waals surface area contributed by atoms with Crippen molar-refractivity contribution in [1.29, 1.82) is 0 Å². The van der Waals surface area contributed by atoms with Gasteiger partial charge < -0.3 is 15.3 Å². The maximum Gasteiger partial charge on any atom is 0.0431 e. The number of halogens is 1. The topological polar surface area (TPSA) is 35.5 Å². The molecule has 20 heavy (non-hydrogen) atoms. The first-order chi connectivity index (χ1) is 9.76. The first-order valence-corrected chi connectivity index (χ1v) is 8.42. The molecule has 112 valence electrons. The van der Waals surface area contributed by atoms with Gasteiger partial charge in [-0.1, -0.05) is 22.9 Å². The Balaban J connectivity index is 2.17. The maximum absolute atomic E-state index is 9.06. The second-order valence-corrected chi connectivity index (χ2v) is 6.32. The Morgan fingerprint density at radius 1 is 1.45 bits per heavy atom. The molecule has 1 aliphatic rings. The molecule has 0 radical (unpaired) electrons. The van der Waals surface area contributed by atoms with Gasteiger partial charge in [-0.3, -0.25) is 0 Å². The molecule has 1 aliphatic heterocycles. The average molecular weight is 341 g/mol. The fraction of sp³-hybridized carbons (Fsp3) is 0.625. The number of rotatable bonds is 7. The molecular formula is C16H25BrN2O. The molecule has 0 aromatic heterocycles. The van der Waals surface area contributed by atoms with Gasteiger partial charge in [0.1, 0.15) is 0 Å². The van der Waals surface area contributed by atoms with Crippen molar-refractivity contribution in [1.82, 2.24) is 5.32 Å². The first kappa shape index (κ1) is 15.8. The third-order valence-corrected chi connectivity index (χ3v) is 4.48. The highest BCUT2D eigenvalue weighted by atomic mass is 79.9. The smallest absolute Gasteiger partial charge is 0.0431 e. The van der Waals surface area contributed by atoms with Gasteiger partial charge in [0, 0.05) is 35.9 Å². The van der Waals surface area contributed by atoms with Crippen molar-refractivity contribution in [2.75, 3.05) is 24.6 Å². The summed E-state index contributed by atoms with van der Waals surface area (Å²) in [5.74, 6) is 0. The van der Waals surface area contributed by atoms with E-state index in [1.165, 1.54) is 24.1 Å². The maximum atomic E-state index is 9.06. The van der Waals surface area contributed by atoms with E-state index in [2.05, 4.69) is 51.3 Å². The van der Waals surface area contributed by atoms with Crippen molar-refractivity contribution < 1.29 is 5.11 Å². The lowest BCUT2D eigenvalue weighted by Crippen LogP contribution is -2.30. The minimum absolute atomic E-state index is 0.301. The van der Waals surface area contributed by atoms with E-state index in [9.17, 15) is 0 Å². The quantitative estimate of drug-likeness (QED) is 0.799. The average Bonchev–Trinajstić information content (AvgIpc) is 2.91. The number of aliphatic hydroxyl groups excluding tert-OH is 1. The van der Waals surface area contributed by atoms with Gasteiger partial charge in [-0.2, -0.15) is 0 Å². The number of benzene rings is 1. The van der Waals surface area contributed by atoms with Crippen LogP contribution in [0.1, 0.15) is 38.2 Å². The van der Waals surface area contributed by atoms with Gasteiger partial charge in [0.25, 0.3) is 0 Å². The summed E-state index contributed by atoms with van der Waals surface area (Å²) in [5.41, 5.74) is 2.71. The fourth-order valence-electron chi connectivity index (χ4n) is 3.02. The molecule has 3 nitrogen and oxygen atoms in total. The van der Waals surface area contributed by atoms with Crippen LogP contribution in [-0.4, -0.2) is 30.8 Å². The normalized spacial score (nSPS) is 18.8. The summed E-state index contributed by atoms with van der Waals surface area (Å²) in [4.78, 5) is 2.54. The summed E-state index contributed by atoms with van der Waals surface area (Å²) < 4.78 is 1.14. The van der Waals surface area contributed by atoms with Crippen LogP contribution in [0.25, 0.3) is 0 Å². The molecule has 0 saturated carbocycles. The molecule has 0 spiro atoms. The van der Waals surface area contributed by atoms with E-state index in [-0.39, 0.29) is 0 Å². The summed E-state index contributed by atoms with van der Waals surface area (Å²) in [7, 11) is 0. The highest BCUT2D eigenvalue weighted by molar-refractivity contribution is 9.10. The fourth-order valence-corrected chi connectivity index (χ4v) is 3.42. The highest BCUT2D eigenvalue weighted by Gasteiger charge is 2.25. The van der Waals surface area contributed by atoms with E-state index >= 15 is 0 Å². The summed E-state index contributed by atoms with van der Waals surface area (Å²) in [6, 6.07) is 7.17. The lowest BCUT2D eigenvalue weighted by Gasteiger charge is -2.29. The van der Waals surface area contributed by atoms with Crippen LogP contribution in [-0.2, 0) is 6.54 Å². The van der Waals surface area contributed by atoms with Crippen molar-refractivity contribution >= 4 is 21.6 Å². The lowest BCUT2D eigenvalue weighted by molar-refractivity contribution is 0.279. The predicted molar refractivity (Wildman–Crippen MR) is 88.2 cm³/mol. The van der Waals surface area contributed by atoms with Gasteiger partial charge in [-0.15, -0.1) is 0 Å². The van der Waals surface area contributed by atoms with Gasteiger partial charge in [-0.25, -0.2) is 0 Å². The minimum Gasteiger partial charge on any atom is -0.396 e. The molecule has 1 aromatic carbocycles. The summed E-state index contributed by atoms with van der Waals surface area (Å²) >= 11 is 3.57. The molecule has 1 unspecified atom stereocenters. The van der Waals surface area contributed by atoms with Crippen molar-refractivity contribution in [3.8, 4) is 0 Å². The monoisotopic (exact) mass is 340 g/mol. The molecular weight excluding hydrogens is 316 g/mol. The van der Waals surface area contributed by atoms with Gasteiger partial charge in [0.2, 0.25) is 0 Å². The van der Waals surface area contributed by atoms with Crippen LogP contribution >= 0.6 is 15.9 Å². The van der Waals surface area contributed by atoms with E-state index < -0.39 is 0 Å². The van der Waals surface area contributed by atoms with Crippen molar-refractivity contribution in [2.24, 2.45) is 0 Å². The molecule has 0 amide bonds.